The first-order valence-electron chi connectivity index (χ1n) is 3.83. The lowest BCUT2D eigenvalue weighted by Gasteiger charge is -2.05. The molecule has 0 unspecified atom stereocenters. The van der Waals surface area contributed by atoms with Crippen molar-refractivity contribution in [2.75, 3.05) is 5.75 Å². The minimum absolute atomic E-state index is 0.214. The van der Waals surface area contributed by atoms with Crippen molar-refractivity contribution in [2.45, 2.75) is 17.9 Å². The van der Waals surface area contributed by atoms with Gasteiger partial charge in [-0.25, -0.2) is 0 Å². The van der Waals surface area contributed by atoms with E-state index in [1.54, 1.807) is 11.8 Å². The van der Waals surface area contributed by atoms with Crippen LogP contribution in [0.15, 0.2) is 29.2 Å². The molecule has 0 heterocycles. The molecule has 0 aromatic heterocycles. The lowest BCUT2D eigenvalue weighted by atomic mass is 10.4. The molecule has 0 radical (unpaired) electrons. The summed E-state index contributed by atoms with van der Waals surface area (Å²) in [6.45, 7) is 1.99. The molecule has 1 atom stereocenters. The molecule has 0 bridgehead atoms. The van der Waals surface area contributed by atoms with Gasteiger partial charge in [0.15, 0.2) is 0 Å². The largest absolute Gasteiger partial charge is 0.327 e. The molecule has 0 spiro atoms. The molecular formula is C9H12ClNS. The van der Waals surface area contributed by atoms with E-state index < -0.39 is 0 Å². The van der Waals surface area contributed by atoms with E-state index >= 15 is 0 Å². The molecule has 0 aliphatic heterocycles. The molecule has 3 heteroatoms. The van der Waals surface area contributed by atoms with Gasteiger partial charge in [-0.05, 0) is 19.1 Å². The molecule has 0 saturated carbocycles. The van der Waals surface area contributed by atoms with Crippen molar-refractivity contribution >= 4 is 23.4 Å². The van der Waals surface area contributed by atoms with Gasteiger partial charge in [0.2, 0.25) is 0 Å². The van der Waals surface area contributed by atoms with E-state index in [1.807, 2.05) is 31.2 Å². The van der Waals surface area contributed by atoms with Gasteiger partial charge < -0.3 is 5.73 Å². The summed E-state index contributed by atoms with van der Waals surface area (Å²) in [6.07, 6.45) is 0. The van der Waals surface area contributed by atoms with Gasteiger partial charge in [-0.3, -0.25) is 0 Å². The second kappa shape index (κ2) is 4.75. The van der Waals surface area contributed by atoms with E-state index in [0.29, 0.717) is 0 Å². The van der Waals surface area contributed by atoms with Crippen molar-refractivity contribution in [1.82, 2.24) is 0 Å². The lowest BCUT2D eigenvalue weighted by molar-refractivity contribution is 0.847. The molecule has 0 saturated heterocycles. The lowest BCUT2D eigenvalue weighted by Crippen LogP contribution is -2.17. The average molecular weight is 202 g/mol. The summed E-state index contributed by atoms with van der Waals surface area (Å²) in [5.41, 5.74) is 5.63. The minimum Gasteiger partial charge on any atom is -0.327 e. The third-order valence-corrected chi connectivity index (χ3v) is 3.14. The van der Waals surface area contributed by atoms with E-state index in [1.165, 1.54) is 0 Å². The Labute approximate surface area is 82.3 Å². The highest BCUT2D eigenvalue weighted by molar-refractivity contribution is 7.99. The van der Waals surface area contributed by atoms with Crippen molar-refractivity contribution in [3.63, 3.8) is 0 Å². The summed E-state index contributed by atoms with van der Waals surface area (Å²) in [7, 11) is 0. The number of hydrogen-bond acceptors (Lipinski definition) is 2. The molecule has 0 aliphatic rings. The summed E-state index contributed by atoms with van der Waals surface area (Å²) in [5.74, 6) is 0.906. The summed E-state index contributed by atoms with van der Waals surface area (Å²) < 4.78 is 0. The quantitative estimate of drug-likeness (QED) is 0.762. The molecule has 2 N–H and O–H groups in total. The number of rotatable bonds is 3. The summed E-state index contributed by atoms with van der Waals surface area (Å²) >= 11 is 7.64. The standard InChI is InChI=1S/C9H12ClNS/c1-7(11)6-12-9-5-3-2-4-8(9)10/h2-5,7H,6,11H2,1H3/t7-/m0/s1. The molecule has 0 amide bonds. The predicted molar refractivity (Wildman–Crippen MR) is 55.8 cm³/mol. The highest BCUT2D eigenvalue weighted by atomic mass is 35.5. The Bertz CT molecular complexity index is 250. The van der Waals surface area contributed by atoms with Crippen LogP contribution in [0.2, 0.25) is 5.02 Å². The number of halogens is 1. The average Bonchev–Trinajstić information content (AvgIpc) is 2.03. The summed E-state index contributed by atoms with van der Waals surface area (Å²) in [4.78, 5) is 1.11. The SMILES string of the molecule is C[C@H](N)CSc1ccccc1Cl. The van der Waals surface area contributed by atoms with Gasteiger partial charge in [0.25, 0.3) is 0 Å². The van der Waals surface area contributed by atoms with Crippen LogP contribution < -0.4 is 5.73 Å². The summed E-state index contributed by atoms with van der Waals surface area (Å²) in [6, 6.07) is 8.03. The molecule has 66 valence electrons. The van der Waals surface area contributed by atoms with Gasteiger partial charge in [-0.15, -0.1) is 11.8 Å². The zero-order valence-corrected chi connectivity index (χ0v) is 8.53. The van der Waals surface area contributed by atoms with Gasteiger partial charge in [0, 0.05) is 16.7 Å². The Morgan fingerprint density at radius 2 is 2.17 bits per heavy atom. The van der Waals surface area contributed by atoms with Crippen LogP contribution in [-0.4, -0.2) is 11.8 Å². The van der Waals surface area contributed by atoms with Crippen LogP contribution in [0.3, 0.4) is 0 Å². The maximum absolute atomic E-state index is 5.95. The molecule has 1 rings (SSSR count). The van der Waals surface area contributed by atoms with Crippen LogP contribution in [0.5, 0.6) is 0 Å². The number of benzene rings is 1. The first-order chi connectivity index (χ1) is 5.70. The number of thioether (sulfide) groups is 1. The third kappa shape index (κ3) is 3.05. The topological polar surface area (TPSA) is 26.0 Å². The molecule has 12 heavy (non-hydrogen) atoms. The van der Waals surface area contributed by atoms with Gasteiger partial charge >= 0.3 is 0 Å². The Kier molecular flexibility index (Phi) is 3.92. The van der Waals surface area contributed by atoms with Gasteiger partial charge in [0.1, 0.15) is 0 Å². The second-order valence-electron chi connectivity index (χ2n) is 2.72. The van der Waals surface area contributed by atoms with E-state index in [4.69, 9.17) is 17.3 Å². The van der Waals surface area contributed by atoms with Crippen LogP contribution in [-0.2, 0) is 0 Å². The first kappa shape index (κ1) is 9.90. The van der Waals surface area contributed by atoms with Crippen molar-refractivity contribution in [3.8, 4) is 0 Å². The number of nitrogens with two attached hydrogens (primary N) is 1. The molecule has 0 aliphatic carbocycles. The first-order valence-corrected chi connectivity index (χ1v) is 5.19. The van der Waals surface area contributed by atoms with E-state index in [9.17, 15) is 0 Å². The summed E-state index contributed by atoms with van der Waals surface area (Å²) in [5, 5.41) is 0.808. The van der Waals surface area contributed by atoms with Crippen molar-refractivity contribution in [3.05, 3.63) is 29.3 Å². The fourth-order valence-electron chi connectivity index (χ4n) is 0.783. The Balaban J connectivity index is 2.57. The maximum atomic E-state index is 5.95. The third-order valence-electron chi connectivity index (χ3n) is 1.34. The Morgan fingerprint density at radius 1 is 1.50 bits per heavy atom. The van der Waals surface area contributed by atoms with Crippen LogP contribution in [0.4, 0.5) is 0 Å². The normalized spacial score (nSPS) is 12.9. The molecule has 1 aromatic rings. The van der Waals surface area contributed by atoms with Crippen LogP contribution >= 0.6 is 23.4 Å². The van der Waals surface area contributed by atoms with Crippen molar-refractivity contribution in [2.24, 2.45) is 5.73 Å². The zero-order valence-electron chi connectivity index (χ0n) is 6.96. The van der Waals surface area contributed by atoms with Crippen molar-refractivity contribution < 1.29 is 0 Å². The molecule has 1 nitrogen and oxygen atoms in total. The van der Waals surface area contributed by atoms with Crippen molar-refractivity contribution in [1.29, 1.82) is 0 Å². The smallest absolute Gasteiger partial charge is 0.0541 e. The highest BCUT2D eigenvalue weighted by Crippen LogP contribution is 2.26. The van der Waals surface area contributed by atoms with E-state index in [-0.39, 0.29) is 6.04 Å². The van der Waals surface area contributed by atoms with E-state index in [0.717, 1.165) is 15.7 Å². The fourth-order valence-corrected chi connectivity index (χ4v) is 1.91. The van der Waals surface area contributed by atoms with Crippen LogP contribution in [0.25, 0.3) is 0 Å². The second-order valence-corrected chi connectivity index (χ2v) is 4.19. The highest BCUT2D eigenvalue weighted by Gasteiger charge is 2.00. The van der Waals surface area contributed by atoms with Crippen LogP contribution in [0.1, 0.15) is 6.92 Å². The molecule has 1 aromatic carbocycles. The number of hydrogen-bond donors (Lipinski definition) is 1. The molecule has 0 fully saturated rings. The monoisotopic (exact) mass is 201 g/mol. The predicted octanol–water partition coefficient (Wildman–Crippen LogP) is 2.78. The van der Waals surface area contributed by atoms with Crippen LogP contribution in [0, 0.1) is 0 Å². The van der Waals surface area contributed by atoms with Gasteiger partial charge in [-0.2, -0.15) is 0 Å². The Hall–Kier alpha value is -0.180. The zero-order chi connectivity index (χ0) is 8.97. The van der Waals surface area contributed by atoms with E-state index in [2.05, 4.69) is 0 Å². The maximum Gasteiger partial charge on any atom is 0.0541 e. The van der Waals surface area contributed by atoms with Gasteiger partial charge in [0.05, 0.1) is 5.02 Å². The molecular weight excluding hydrogens is 190 g/mol. The van der Waals surface area contributed by atoms with Gasteiger partial charge in [-0.1, -0.05) is 23.7 Å². The Morgan fingerprint density at radius 3 is 2.75 bits per heavy atom. The fraction of sp³-hybridized carbons (Fsp3) is 0.333. The minimum atomic E-state index is 0.214.